The molecule has 0 bridgehead atoms. The van der Waals surface area contributed by atoms with Crippen molar-refractivity contribution in [2.75, 3.05) is 5.73 Å². The Morgan fingerprint density at radius 2 is 1.68 bits per heavy atom. The van der Waals surface area contributed by atoms with Crippen molar-refractivity contribution < 1.29 is 17.6 Å². The molecule has 0 aliphatic carbocycles. The smallest absolute Gasteiger partial charge is 0.170 e. The molecule has 1 aromatic heterocycles. The van der Waals surface area contributed by atoms with E-state index >= 15 is 0 Å². The number of halogens is 3. The Bertz CT molecular complexity index is 780. The molecule has 19 heavy (non-hydrogen) atoms. The quantitative estimate of drug-likeness (QED) is 0.671. The number of anilines is 1. The summed E-state index contributed by atoms with van der Waals surface area (Å²) in [6, 6.07) is 7.62. The summed E-state index contributed by atoms with van der Waals surface area (Å²) in [6.45, 7) is 0. The van der Waals surface area contributed by atoms with Gasteiger partial charge in [0.05, 0.1) is 11.3 Å². The highest BCUT2D eigenvalue weighted by Gasteiger charge is 2.15. The van der Waals surface area contributed by atoms with Gasteiger partial charge in [-0.25, -0.2) is 13.2 Å². The molecule has 0 spiro atoms. The third kappa shape index (κ3) is 1.83. The van der Waals surface area contributed by atoms with Gasteiger partial charge in [-0.3, -0.25) is 0 Å². The number of nitrogen functional groups attached to an aromatic ring is 1. The number of furan rings is 1. The highest BCUT2D eigenvalue weighted by atomic mass is 19.1. The first-order valence-electron chi connectivity index (χ1n) is 5.49. The van der Waals surface area contributed by atoms with Crippen molar-refractivity contribution in [1.29, 1.82) is 0 Å². The van der Waals surface area contributed by atoms with Crippen LogP contribution in [-0.2, 0) is 0 Å². The molecule has 0 saturated carbocycles. The fourth-order valence-corrected chi connectivity index (χ4v) is 1.91. The van der Waals surface area contributed by atoms with Gasteiger partial charge < -0.3 is 10.2 Å². The lowest BCUT2D eigenvalue weighted by molar-refractivity contribution is 0.559. The zero-order chi connectivity index (χ0) is 13.6. The SMILES string of the molecule is Nc1cc(F)c(-c2cc3cccc(F)c3o2)cc1F. The van der Waals surface area contributed by atoms with E-state index in [0.717, 1.165) is 12.1 Å². The number of hydrogen-bond donors (Lipinski definition) is 1. The van der Waals surface area contributed by atoms with Crippen LogP contribution >= 0.6 is 0 Å². The fraction of sp³-hybridized carbons (Fsp3) is 0. The lowest BCUT2D eigenvalue weighted by atomic mass is 10.1. The summed E-state index contributed by atoms with van der Waals surface area (Å²) in [5, 5.41) is 0.478. The summed E-state index contributed by atoms with van der Waals surface area (Å²) in [4.78, 5) is 0. The maximum atomic E-state index is 13.7. The van der Waals surface area contributed by atoms with Gasteiger partial charge in [-0.15, -0.1) is 0 Å². The standard InChI is InChI=1S/C14H8F3NO/c15-9-3-1-2-7-4-13(19-14(7)9)8-5-11(17)12(18)6-10(8)16/h1-6H,18H2. The number of benzene rings is 2. The maximum Gasteiger partial charge on any atom is 0.170 e. The van der Waals surface area contributed by atoms with Crippen molar-refractivity contribution in [2.45, 2.75) is 0 Å². The molecular weight excluding hydrogens is 255 g/mol. The van der Waals surface area contributed by atoms with Gasteiger partial charge in [0, 0.05) is 11.5 Å². The summed E-state index contributed by atoms with van der Waals surface area (Å²) < 4.78 is 45.8. The molecule has 2 nitrogen and oxygen atoms in total. The van der Waals surface area contributed by atoms with Crippen LogP contribution in [0.25, 0.3) is 22.3 Å². The second kappa shape index (κ2) is 4.05. The minimum atomic E-state index is -0.752. The van der Waals surface area contributed by atoms with Crippen LogP contribution in [0.5, 0.6) is 0 Å². The average Bonchev–Trinajstić information content (AvgIpc) is 2.79. The van der Waals surface area contributed by atoms with E-state index in [-0.39, 0.29) is 22.6 Å². The second-order valence-electron chi connectivity index (χ2n) is 4.12. The van der Waals surface area contributed by atoms with E-state index in [2.05, 4.69) is 0 Å². The van der Waals surface area contributed by atoms with Crippen LogP contribution in [0.3, 0.4) is 0 Å². The van der Waals surface area contributed by atoms with Crippen LogP contribution in [0.15, 0.2) is 40.8 Å². The molecule has 0 amide bonds. The van der Waals surface area contributed by atoms with Crippen molar-refractivity contribution in [3.8, 4) is 11.3 Å². The number of nitrogens with two attached hydrogens (primary N) is 1. The lowest BCUT2D eigenvalue weighted by Crippen LogP contribution is -1.93. The highest BCUT2D eigenvalue weighted by molar-refractivity contribution is 5.83. The monoisotopic (exact) mass is 263 g/mol. The summed E-state index contributed by atoms with van der Waals surface area (Å²) >= 11 is 0. The van der Waals surface area contributed by atoms with E-state index in [1.54, 1.807) is 6.07 Å². The predicted molar refractivity (Wildman–Crippen MR) is 65.9 cm³/mol. The number of hydrogen-bond acceptors (Lipinski definition) is 2. The van der Waals surface area contributed by atoms with Crippen LogP contribution in [0.2, 0.25) is 0 Å². The van der Waals surface area contributed by atoms with Crippen LogP contribution in [0.1, 0.15) is 0 Å². The Labute approximate surface area is 106 Å². The van der Waals surface area contributed by atoms with Crippen molar-refractivity contribution in [2.24, 2.45) is 0 Å². The van der Waals surface area contributed by atoms with Gasteiger partial charge in [-0.05, 0) is 18.2 Å². The lowest BCUT2D eigenvalue weighted by Gasteiger charge is -2.02. The van der Waals surface area contributed by atoms with Crippen molar-refractivity contribution >= 4 is 16.7 Å². The largest absolute Gasteiger partial charge is 0.453 e. The zero-order valence-corrected chi connectivity index (χ0v) is 9.58. The molecule has 0 aliphatic heterocycles. The van der Waals surface area contributed by atoms with Crippen molar-refractivity contribution in [3.05, 3.63) is 53.8 Å². The average molecular weight is 263 g/mol. The molecule has 1 heterocycles. The molecule has 2 N–H and O–H groups in total. The van der Waals surface area contributed by atoms with Crippen LogP contribution < -0.4 is 5.73 Å². The highest BCUT2D eigenvalue weighted by Crippen LogP contribution is 2.32. The molecule has 96 valence electrons. The van der Waals surface area contributed by atoms with Gasteiger partial charge in [0.2, 0.25) is 0 Å². The van der Waals surface area contributed by atoms with Crippen molar-refractivity contribution in [3.63, 3.8) is 0 Å². The summed E-state index contributed by atoms with van der Waals surface area (Å²) in [5.74, 6) is -1.98. The molecular formula is C14H8F3NO. The van der Waals surface area contributed by atoms with E-state index in [0.29, 0.717) is 5.39 Å². The van der Waals surface area contributed by atoms with Gasteiger partial charge in [-0.1, -0.05) is 12.1 Å². The Hall–Kier alpha value is -2.43. The molecule has 0 radical (unpaired) electrons. The van der Waals surface area contributed by atoms with E-state index < -0.39 is 17.5 Å². The van der Waals surface area contributed by atoms with Crippen LogP contribution in [-0.4, -0.2) is 0 Å². The van der Waals surface area contributed by atoms with E-state index in [1.807, 2.05) is 0 Å². The summed E-state index contributed by atoms with van der Waals surface area (Å²) in [7, 11) is 0. The Balaban J connectivity index is 2.25. The molecule has 0 aliphatic rings. The van der Waals surface area contributed by atoms with E-state index in [1.165, 1.54) is 18.2 Å². The first-order chi connectivity index (χ1) is 9.06. The Kier molecular flexibility index (Phi) is 2.48. The fourth-order valence-electron chi connectivity index (χ4n) is 1.91. The van der Waals surface area contributed by atoms with E-state index in [4.69, 9.17) is 10.2 Å². The number of para-hydroxylation sites is 1. The summed E-state index contributed by atoms with van der Waals surface area (Å²) in [5.41, 5.74) is 4.89. The molecule has 3 aromatic rings. The molecule has 0 saturated heterocycles. The number of fused-ring (bicyclic) bond motifs is 1. The maximum absolute atomic E-state index is 13.7. The Morgan fingerprint density at radius 1 is 0.895 bits per heavy atom. The molecule has 3 rings (SSSR count). The molecule has 0 atom stereocenters. The van der Waals surface area contributed by atoms with Gasteiger partial charge in [0.15, 0.2) is 11.4 Å². The normalized spacial score (nSPS) is 11.1. The van der Waals surface area contributed by atoms with Gasteiger partial charge in [0.25, 0.3) is 0 Å². The topological polar surface area (TPSA) is 39.2 Å². The molecule has 2 aromatic carbocycles. The summed E-state index contributed by atoms with van der Waals surface area (Å²) in [6.07, 6.45) is 0. The second-order valence-corrected chi connectivity index (χ2v) is 4.12. The first kappa shape index (κ1) is 11.6. The minimum Gasteiger partial charge on any atom is -0.453 e. The van der Waals surface area contributed by atoms with Gasteiger partial charge in [0.1, 0.15) is 17.4 Å². The first-order valence-corrected chi connectivity index (χ1v) is 5.49. The van der Waals surface area contributed by atoms with E-state index in [9.17, 15) is 13.2 Å². The molecule has 0 unspecified atom stereocenters. The zero-order valence-electron chi connectivity index (χ0n) is 9.58. The van der Waals surface area contributed by atoms with Crippen molar-refractivity contribution in [1.82, 2.24) is 0 Å². The molecule has 5 heteroatoms. The van der Waals surface area contributed by atoms with Crippen LogP contribution in [0.4, 0.5) is 18.9 Å². The minimum absolute atomic E-state index is 0.00846. The number of rotatable bonds is 1. The van der Waals surface area contributed by atoms with Gasteiger partial charge >= 0.3 is 0 Å². The third-order valence-electron chi connectivity index (χ3n) is 2.85. The van der Waals surface area contributed by atoms with Crippen LogP contribution in [0, 0.1) is 17.5 Å². The predicted octanol–water partition coefficient (Wildman–Crippen LogP) is 4.10. The Morgan fingerprint density at radius 3 is 2.42 bits per heavy atom. The third-order valence-corrected chi connectivity index (χ3v) is 2.85. The molecule has 0 fully saturated rings. The van der Waals surface area contributed by atoms with Gasteiger partial charge in [-0.2, -0.15) is 0 Å².